The molecule has 0 radical (unpaired) electrons. The average molecular weight is 207 g/mol. The van der Waals surface area contributed by atoms with Gasteiger partial charge in [0.15, 0.2) is 0 Å². The number of amides is 2. The van der Waals surface area contributed by atoms with Gasteiger partial charge in [-0.25, -0.2) is 0 Å². The molecule has 1 atom stereocenters. The van der Waals surface area contributed by atoms with Crippen molar-refractivity contribution in [1.29, 1.82) is 0 Å². The van der Waals surface area contributed by atoms with Crippen molar-refractivity contribution in [2.75, 3.05) is 5.32 Å². The van der Waals surface area contributed by atoms with Crippen LogP contribution in [0.3, 0.4) is 0 Å². The van der Waals surface area contributed by atoms with Crippen molar-refractivity contribution in [3.05, 3.63) is 29.8 Å². The summed E-state index contributed by atoms with van der Waals surface area (Å²) in [4.78, 5) is 22.1. The second kappa shape index (κ2) is 4.56. The highest BCUT2D eigenvalue weighted by Gasteiger charge is 2.08. The number of carbonyl (C=O) groups is 2. The molecular weight excluding hydrogens is 194 g/mol. The molecule has 5 nitrogen and oxygen atoms in total. The molecule has 0 aliphatic carbocycles. The van der Waals surface area contributed by atoms with Gasteiger partial charge < -0.3 is 16.8 Å². The van der Waals surface area contributed by atoms with Crippen LogP contribution in [0.25, 0.3) is 0 Å². The third kappa shape index (κ3) is 3.07. The first kappa shape index (κ1) is 11.2. The van der Waals surface area contributed by atoms with Gasteiger partial charge in [0, 0.05) is 11.3 Å². The number of benzene rings is 1. The van der Waals surface area contributed by atoms with Gasteiger partial charge in [-0.15, -0.1) is 0 Å². The summed E-state index contributed by atoms with van der Waals surface area (Å²) >= 11 is 0. The molecule has 0 saturated heterocycles. The highest BCUT2D eigenvalue weighted by molar-refractivity contribution is 5.97. The smallest absolute Gasteiger partial charge is 0.248 e. The van der Waals surface area contributed by atoms with Crippen LogP contribution in [0.5, 0.6) is 0 Å². The van der Waals surface area contributed by atoms with E-state index in [1.54, 1.807) is 25.1 Å². The molecule has 80 valence electrons. The van der Waals surface area contributed by atoms with Gasteiger partial charge >= 0.3 is 0 Å². The van der Waals surface area contributed by atoms with Crippen molar-refractivity contribution < 1.29 is 9.59 Å². The van der Waals surface area contributed by atoms with Crippen molar-refractivity contribution in [2.24, 2.45) is 11.5 Å². The minimum atomic E-state index is -0.595. The van der Waals surface area contributed by atoms with Crippen molar-refractivity contribution >= 4 is 17.5 Å². The van der Waals surface area contributed by atoms with E-state index in [0.717, 1.165) is 0 Å². The number of nitrogens with two attached hydrogens (primary N) is 2. The molecule has 0 bridgehead atoms. The van der Waals surface area contributed by atoms with E-state index in [2.05, 4.69) is 5.32 Å². The van der Waals surface area contributed by atoms with Gasteiger partial charge in [-0.2, -0.15) is 0 Å². The van der Waals surface area contributed by atoms with Gasteiger partial charge in [-0.3, -0.25) is 9.59 Å². The number of nitrogens with one attached hydrogen (secondary N) is 1. The first-order chi connectivity index (χ1) is 7.00. The maximum absolute atomic E-state index is 11.2. The molecule has 2 amide bonds. The Morgan fingerprint density at radius 2 is 2.07 bits per heavy atom. The van der Waals surface area contributed by atoms with Crippen LogP contribution in [0.2, 0.25) is 0 Å². The molecule has 1 aromatic rings. The SMILES string of the molecule is C[C@H](N)C(=O)Nc1cccc(C(N)=O)c1. The molecule has 0 unspecified atom stereocenters. The Labute approximate surface area is 87.4 Å². The second-order valence-electron chi connectivity index (χ2n) is 3.22. The van der Waals surface area contributed by atoms with Gasteiger partial charge in [0.05, 0.1) is 6.04 Å². The van der Waals surface area contributed by atoms with E-state index in [0.29, 0.717) is 11.3 Å². The summed E-state index contributed by atoms with van der Waals surface area (Å²) in [5.41, 5.74) is 11.3. The molecule has 0 saturated carbocycles. The Morgan fingerprint density at radius 3 is 2.60 bits per heavy atom. The molecule has 15 heavy (non-hydrogen) atoms. The molecule has 0 aliphatic rings. The predicted octanol–water partition coefficient (Wildman–Crippen LogP) is 0.0712. The van der Waals surface area contributed by atoms with Crippen molar-refractivity contribution in [3.63, 3.8) is 0 Å². The normalized spacial score (nSPS) is 11.9. The highest BCUT2D eigenvalue weighted by atomic mass is 16.2. The number of anilines is 1. The summed E-state index contributed by atoms with van der Waals surface area (Å²) in [5, 5.41) is 2.56. The zero-order chi connectivity index (χ0) is 11.4. The minimum absolute atomic E-state index is 0.309. The number of primary amides is 1. The lowest BCUT2D eigenvalue weighted by Gasteiger charge is -2.08. The molecule has 0 aliphatic heterocycles. The van der Waals surface area contributed by atoms with Crippen LogP contribution in [0.1, 0.15) is 17.3 Å². The third-order valence-electron chi connectivity index (χ3n) is 1.83. The summed E-state index contributed by atoms with van der Waals surface area (Å²) < 4.78 is 0. The Bertz CT molecular complexity index is 388. The predicted molar refractivity (Wildman–Crippen MR) is 57.2 cm³/mol. The third-order valence-corrected chi connectivity index (χ3v) is 1.83. The van der Waals surface area contributed by atoms with Crippen LogP contribution in [0, 0.1) is 0 Å². The fourth-order valence-corrected chi connectivity index (χ4v) is 1.01. The van der Waals surface area contributed by atoms with E-state index >= 15 is 0 Å². The summed E-state index contributed by atoms with van der Waals surface area (Å²) in [5.74, 6) is -0.844. The molecule has 0 aromatic heterocycles. The van der Waals surface area contributed by atoms with Crippen molar-refractivity contribution in [3.8, 4) is 0 Å². The van der Waals surface area contributed by atoms with Crippen LogP contribution in [-0.2, 0) is 4.79 Å². The van der Waals surface area contributed by atoms with Gasteiger partial charge in [0.25, 0.3) is 0 Å². The Hall–Kier alpha value is -1.88. The summed E-state index contributed by atoms with van der Waals surface area (Å²) in [6.45, 7) is 1.58. The van der Waals surface area contributed by atoms with Crippen LogP contribution in [-0.4, -0.2) is 17.9 Å². The fraction of sp³-hybridized carbons (Fsp3) is 0.200. The first-order valence-corrected chi connectivity index (χ1v) is 4.47. The summed E-state index contributed by atoms with van der Waals surface area (Å²) in [6, 6.07) is 5.78. The van der Waals surface area contributed by atoms with E-state index in [1.807, 2.05) is 0 Å². The lowest BCUT2D eigenvalue weighted by atomic mass is 10.2. The zero-order valence-corrected chi connectivity index (χ0v) is 8.36. The van der Waals surface area contributed by atoms with Gasteiger partial charge in [-0.05, 0) is 25.1 Å². The largest absolute Gasteiger partial charge is 0.366 e. The number of hydrogen-bond acceptors (Lipinski definition) is 3. The first-order valence-electron chi connectivity index (χ1n) is 4.47. The molecule has 0 fully saturated rings. The molecule has 0 heterocycles. The van der Waals surface area contributed by atoms with E-state index in [9.17, 15) is 9.59 Å². The maximum atomic E-state index is 11.2. The molecule has 5 heteroatoms. The highest BCUT2D eigenvalue weighted by Crippen LogP contribution is 2.10. The van der Waals surface area contributed by atoms with Crippen molar-refractivity contribution in [1.82, 2.24) is 0 Å². The minimum Gasteiger partial charge on any atom is -0.366 e. The van der Waals surface area contributed by atoms with Crippen molar-refractivity contribution in [2.45, 2.75) is 13.0 Å². The molecular formula is C10H13N3O2. The number of carbonyl (C=O) groups excluding carboxylic acids is 2. The molecule has 1 rings (SSSR count). The molecule has 1 aromatic carbocycles. The topological polar surface area (TPSA) is 98.2 Å². The quantitative estimate of drug-likeness (QED) is 0.654. The Balaban J connectivity index is 2.83. The zero-order valence-electron chi connectivity index (χ0n) is 8.36. The standard InChI is InChI=1S/C10H13N3O2/c1-6(11)10(15)13-8-4-2-3-7(5-8)9(12)14/h2-6H,11H2,1H3,(H2,12,14)(H,13,15)/t6-/m0/s1. The number of rotatable bonds is 3. The molecule has 0 spiro atoms. The number of hydrogen-bond donors (Lipinski definition) is 3. The fourth-order valence-electron chi connectivity index (χ4n) is 1.01. The lowest BCUT2D eigenvalue weighted by molar-refractivity contribution is -0.117. The van der Waals surface area contributed by atoms with Gasteiger partial charge in [0.2, 0.25) is 11.8 Å². The van der Waals surface area contributed by atoms with Crippen LogP contribution in [0.15, 0.2) is 24.3 Å². The monoisotopic (exact) mass is 207 g/mol. The lowest BCUT2D eigenvalue weighted by Crippen LogP contribution is -2.32. The summed E-state index contributed by atoms with van der Waals surface area (Å²) in [6.07, 6.45) is 0. The van der Waals surface area contributed by atoms with E-state index in [-0.39, 0.29) is 5.91 Å². The average Bonchev–Trinajstić information content (AvgIpc) is 2.18. The maximum Gasteiger partial charge on any atom is 0.248 e. The Kier molecular flexibility index (Phi) is 3.41. The van der Waals surface area contributed by atoms with Crippen LogP contribution >= 0.6 is 0 Å². The second-order valence-corrected chi connectivity index (χ2v) is 3.22. The van der Waals surface area contributed by atoms with Crippen LogP contribution in [0.4, 0.5) is 5.69 Å². The van der Waals surface area contributed by atoms with Crippen LogP contribution < -0.4 is 16.8 Å². The van der Waals surface area contributed by atoms with Gasteiger partial charge in [-0.1, -0.05) is 6.07 Å². The van der Waals surface area contributed by atoms with E-state index in [1.165, 1.54) is 6.07 Å². The summed E-state index contributed by atoms with van der Waals surface area (Å²) in [7, 11) is 0. The Morgan fingerprint density at radius 1 is 1.40 bits per heavy atom. The van der Waals surface area contributed by atoms with Gasteiger partial charge in [0.1, 0.15) is 0 Å². The van der Waals surface area contributed by atoms with E-state index in [4.69, 9.17) is 11.5 Å². The molecule has 5 N–H and O–H groups in total. The van der Waals surface area contributed by atoms with E-state index < -0.39 is 11.9 Å².